The van der Waals surface area contributed by atoms with Gasteiger partial charge in [-0.1, -0.05) is 0 Å². The van der Waals surface area contributed by atoms with E-state index in [1.807, 2.05) is 0 Å². The van der Waals surface area contributed by atoms with Crippen LogP contribution in [-0.4, -0.2) is 5.91 Å². The first-order chi connectivity index (χ1) is 9.20. The lowest BCUT2D eigenvalue weighted by Crippen LogP contribution is -2.12. The Labute approximate surface area is 114 Å². The number of aryl methyl sites for hydroxylation is 2. The molecule has 0 saturated heterocycles. The van der Waals surface area contributed by atoms with Crippen molar-refractivity contribution in [2.75, 3.05) is 5.32 Å². The summed E-state index contributed by atoms with van der Waals surface area (Å²) in [6.45, 7) is 1.74. The standard InChI is InChI=1S/C14H12N2O2S/c1-8-9(5-6-18-8)13(17)16-14-11(7-15)10-3-2-4-12(10)19-14/h5-6H,2-4H2,1H3,(H,16,17). The van der Waals surface area contributed by atoms with Gasteiger partial charge in [0.05, 0.1) is 17.4 Å². The van der Waals surface area contributed by atoms with Crippen LogP contribution in [-0.2, 0) is 12.8 Å². The fourth-order valence-corrected chi connectivity index (χ4v) is 3.64. The molecule has 19 heavy (non-hydrogen) atoms. The van der Waals surface area contributed by atoms with Gasteiger partial charge in [-0.3, -0.25) is 4.79 Å². The maximum absolute atomic E-state index is 12.1. The fraction of sp³-hybridized carbons (Fsp3) is 0.286. The molecule has 1 amide bonds. The molecule has 5 heteroatoms. The summed E-state index contributed by atoms with van der Waals surface area (Å²) in [4.78, 5) is 13.3. The average Bonchev–Trinajstić information content (AvgIpc) is 3.04. The van der Waals surface area contributed by atoms with Gasteiger partial charge in [0.1, 0.15) is 16.8 Å². The zero-order chi connectivity index (χ0) is 13.4. The van der Waals surface area contributed by atoms with Gasteiger partial charge in [-0.15, -0.1) is 11.3 Å². The summed E-state index contributed by atoms with van der Waals surface area (Å²) in [7, 11) is 0. The van der Waals surface area contributed by atoms with E-state index >= 15 is 0 Å². The van der Waals surface area contributed by atoms with Gasteiger partial charge in [-0.25, -0.2) is 0 Å². The van der Waals surface area contributed by atoms with Crippen LogP contribution in [0.15, 0.2) is 16.7 Å². The van der Waals surface area contributed by atoms with Gasteiger partial charge in [-0.05, 0) is 37.8 Å². The van der Waals surface area contributed by atoms with E-state index in [2.05, 4.69) is 11.4 Å². The van der Waals surface area contributed by atoms with Crippen molar-refractivity contribution < 1.29 is 9.21 Å². The van der Waals surface area contributed by atoms with Crippen molar-refractivity contribution in [1.29, 1.82) is 5.26 Å². The summed E-state index contributed by atoms with van der Waals surface area (Å²) in [5.74, 6) is 0.364. The first-order valence-corrected chi connectivity index (χ1v) is 6.92. The van der Waals surface area contributed by atoms with Crippen LogP contribution < -0.4 is 5.32 Å². The summed E-state index contributed by atoms with van der Waals surface area (Å²) in [5, 5.41) is 12.8. The van der Waals surface area contributed by atoms with Crippen LogP contribution in [0.5, 0.6) is 0 Å². The predicted molar refractivity (Wildman–Crippen MR) is 72.5 cm³/mol. The quantitative estimate of drug-likeness (QED) is 0.912. The van der Waals surface area contributed by atoms with Crippen molar-refractivity contribution >= 4 is 22.2 Å². The number of fused-ring (bicyclic) bond motifs is 1. The molecule has 0 aromatic carbocycles. The number of hydrogen-bond donors (Lipinski definition) is 1. The van der Waals surface area contributed by atoms with Gasteiger partial charge < -0.3 is 9.73 Å². The Kier molecular flexibility index (Phi) is 2.88. The van der Waals surface area contributed by atoms with Gasteiger partial charge in [0.25, 0.3) is 5.91 Å². The summed E-state index contributed by atoms with van der Waals surface area (Å²) in [5.41, 5.74) is 2.26. The predicted octanol–water partition coefficient (Wildman–Crippen LogP) is 3.26. The largest absolute Gasteiger partial charge is 0.469 e. The van der Waals surface area contributed by atoms with E-state index in [-0.39, 0.29) is 5.91 Å². The first kappa shape index (κ1) is 12.0. The van der Waals surface area contributed by atoms with E-state index in [4.69, 9.17) is 4.42 Å². The molecule has 0 unspecified atom stereocenters. The molecule has 0 bridgehead atoms. The highest BCUT2D eigenvalue weighted by molar-refractivity contribution is 7.16. The summed E-state index contributed by atoms with van der Waals surface area (Å²) >= 11 is 1.52. The molecular formula is C14H12N2O2S. The Morgan fingerprint density at radius 3 is 3.05 bits per heavy atom. The molecule has 4 nitrogen and oxygen atoms in total. The molecule has 1 aliphatic rings. The van der Waals surface area contributed by atoms with Crippen LogP contribution in [0.3, 0.4) is 0 Å². The van der Waals surface area contributed by atoms with Crippen LogP contribution in [0.1, 0.15) is 38.5 Å². The van der Waals surface area contributed by atoms with Gasteiger partial charge in [-0.2, -0.15) is 5.26 Å². The molecule has 3 rings (SSSR count). The molecule has 0 fully saturated rings. The lowest BCUT2D eigenvalue weighted by atomic mass is 10.1. The molecule has 1 aliphatic carbocycles. The maximum atomic E-state index is 12.1. The minimum absolute atomic E-state index is 0.220. The van der Waals surface area contributed by atoms with Crippen LogP contribution in [0, 0.1) is 18.3 Å². The number of thiophene rings is 1. The number of nitriles is 1. The third-order valence-corrected chi connectivity index (χ3v) is 4.57. The highest BCUT2D eigenvalue weighted by Gasteiger charge is 2.23. The van der Waals surface area contributed by atoms with Crippen LogP contribution >= 0.6 is 11.3 Å². The zero-order valence-electron chi connectivity index (χ0n) is 10.4. The number of rotatable bonds is 2. The van der Waals surface area contributed by atoms with Gasteiger partial charge in [0, 0.05) is 4.88 Å². The topological polar surface area (TPSA) is 66.0 Å². The van der Waals surface area contributed by atoms with Crippen LogP contribution in [0.4, 0.5) is 5.00 Å². The highest BCUT2D eigenvalue weighted by atomic mass is 32.1. The number of furan rings is 1. The highest BCUT2D eigenvalue weighted by Crippen LogP contribution is 2.38. The molecule has 2 heterocycles. The molecule has 0 radical (unpaired) electrons. The second-order valence-corrected chi connectivity index (χ2v) is 5.62. The molecule has 0 spiro atoms. The number of nitrogens with zero attached hydrogens (tertiary/aromatic N) is 1. The number of amides is 1. The number of hydrogen-bond acceptors (Lipinski definition) is 4. The Balaban J connectivity index is 1.91. The van der Waals surface area contributed by atoms with Crippen molar-refractivity contribution in [3.63, 3.8) is 0 Å². The minimum Gasteiger partial charge on any atom is -0.469 e. The normalized spacial score (nSPS) is 13.1. The lowest BCUT2D eigenvalue weighted by molar-refractivity contribution is 0.102. The molecule has 0 atom stereocenters. The Hall–Kier alpha value is -2.06. The Morgan fingerprint density at radius 2 is 2.37 bits per heavy atom. The van der Waals surface area contributed by atoms with Crippen molar-refractivity contribution in [1.82, 2.24) is 0 Å². The molecule has 0 aliphatic heterocycles. The maximum Gasteiger partial charge on any atom is 0.259 e. The Morgan fingerprint density at radius 1 is 1.53 bits per heavy atom. The number of anilines is 1. The van der Waals surface area contributed by atoms with Gasteiger partial charge >= 0.3 is 0 Å². The Bertz CT molecular complexity index is 691. The third-order valence-electron chi connectivity index (χ3n) is 3.36. The van der Waals surface area contributed by atoms with Crippen molar-refractivity contribution in [3.05, 3.63) is 39.7 Å². The molecule has 2 aromatic rings. The van der Waals surface area contributed by atoms with Crippen LogP contribution in [0.2, 0.25) is 0 Å². The van der Waals surface area contributed by atoms with E-state index in [9.17, 15) is 10.1 Å². The lowest BCUT2D eigenvalue weighted by Gasteiger charge is -2.02. The SMILES string of the molecule is Cc1occc1C(=O)Nc1sc2c(c1C#N)CCC2. The molecule has 2 aromatic heterocycles. The first-order valence-electron chi connectivity index (χ1n) is 6.10. The summed E-state index contributed by atoms with van der Waals surface area (Å²) < 4.78 is 5.12. The van der Waals surface area contributed by atoms with E-state index < -0.39 is 0 Å². The molecule has 96 valence electrons. The summed E-state index contributed by atoms with van der Waals surface area (Å²) in [6, 6.07) is 3.85. The van der Waals surface area contributed by atoms with E-state index in [0.717, 1.165) is 24.8 Å². The van der Waals surface area contributed by atoms with Gasteiger partial charge in [0.15, 0.2) is 0 Å². The van der Waals surface area contributed by atoms with Gasteiger partial charge in [0.2, 0.25) is 0 Å². The van der Waals surface area contributed by atoms with Crippen LogP contribution in [0.25, 0.3) is 0 Å². The summed E-state index contributed by atoms with van der Waals surface area (Å²) in [6.07, 6.45) is 4.54. The van der Waals surface area contributed by atoms with Crippen molar-refractivity contribution in [2.24, 2.45) is 0 Å². The van der Waals surface area contributed by atoms with Crippen molar-refractivity contribution in [3.8, 4) is 6.07 Å². The monoisotopic (exact) mass is 272 g/mol. The van der Waals surface area contributed by atoms with E-state index in [0.29, 0.717) is 21.9 Å². The number of nitrogens with one attached hydrogen (secondary N) is 1. The zero-order valence-corrected chi connectivity index (χ0v) is 11.3. The molecule has 1 N–H and O–H groups in total. The van der Waals surface area contributed by atoms with E-state index in [1.165, 1.54) is 22.5 Å². The average molecular weight is 272 g/mol. The third kappa shape index (κ3) is 1.94. The number of carbonyl (C=O) groups is 1. The molecule has 0 saturated carbocycles. The second-order valence-electron chi connectivity index (χ2n) is 4.52. The smallest absolute Gasteiger partial charge is 0.259 e. The molecular weight excluding hydrogens is 260 g/mol. The number of carbonyl (C=O) groups excluding carboxylic acids is 1. The second kappa shape index (κ2) is 4.56. The van der Waals surface area contributed by atoms with E-state index in [1.54, 1.807) is 13.0 Å². The minimum atomic E-state index is -0.220. The fourth-order valence-electron chi connectivity index (χ4n) is 2.40. The van der Waals surface area contributed by atoms with Crippen molar-refractivity contribution in [2.45, 2.75) is 26.2 Å².